The van der Waals surface area contributed by atoms with Crippen LogP contribution in [0.5, 0.6) is 0 Å². The highest BCUT2D eigenvalue weighted by Crippen LogP contribution is 2.39. The molecule has 5 rings (SSSR count). The Hall–Kier alpha value is -2.43. The Kier molecular flexibility index (Phi) is 11.4. The number of aromatic nitrogens is 2. The number of ether oxygens (including phenoxy) is 1. The zero-order valence-corrected chi connectivity index (χ0v) is 25.2. The van der Waals surface area contributed by atoms with Crippen molar-refractivity contribution in [2.24, 2.45) is 0 Å². The molecule has 1 aliphatic heterocycles. The number of fused-ring (bicyclic) bond motifs is 3. The van der Waals surface area contributed by atoms with Crippen molar-refractivity contribution in [1.82, 2.24) is 19.8 Å². The Morgan fingerprint density at radius 1 is 1.23 bits per heavy atom. The molecule has 0 radical (unpaired) electrons. The van der Waals surface area contributed by atoms with Gasteiger partial charge in [0.05, 0.1) is 16.5 Å². The maximum Gasteiger partial charge on any atom is 0.152 e. The molecule has 3 heterocycles. The van der Waals surface area contributed by atoms with E-state index in [1.54, 1.807) is 42.8 Å². The van der Waals surface area contributed by atoms with Crippen molar-refractivity contribution < 1.29 is 13.9 Å². The molecule has 0 saturated carbocycles. The number of ketones is 1. The zero-order chi connectivity index (χ0) is 28.5. The van der Waals surface area contributed by atoms with Crippen molar-refractivity contribution in [3.8, 4) is 0 Å². The fourth-order valence-corrected chi connectivity index (χ4v) is 6.35. The van der Waals surface area contributed by atoms with Crippen LogP contribution in [0.3, 0.4) is 0 Å². The highest BCUT2D eigenvalue weighted by atomic mass is 35.5. The van der Waals surface area contributed by atoms with E-state index in [0.29, 0.717) is 6.10 Å². The van der Waals surface area contributed by atoms with Gasteiger partial charge >= 0.3 is 0 Å². The third-order valence-electron chi connectivity index (χ3n) is 7.00. The number of aryl methyl sites for hydroxylation is 2. The van der Waals surface area contributed by atoms with Crippen LogP contribution in [-0.4, -0.2) is 78.5 Å². The van der Waals surface area contributed by atoms with Crippen LogP contribution in [0.25, 0.3) is 10.2 Å². The summed E-state index contributed by atoms with van der Waals surface area (Å²) in [6.07, 6.45) is 12.5. The number of anilines is 2. The second-order valence-electron chi connectivity index (χ2n) is 10.6. The van der Waals surface area contributed by atoms with E-state index in [1.807, 2.05) is 6.08 Å². The van der Waals surface area contributed by atoms with Gasteiger partial charge in [-0.1, -0.05) is 17.7 Å². The molecule has 10 heteroatoms. The molecule has 1 N–H and O–H groups in total. The average Bonchev–Trinajstić information content (AvgIpc) is 3.57. The van der Waals surface area contributed by atoms with Gasteiger partial charge in [0.15, 0.2) is 5.78 Å². The molecule has 216 valence electrons. The summed E-state index contributed by atoms with van der Waals surface area (Å²) < 4.78 is 19.0. The number of nitrogens with one attached hydrogen (secondary N) is 1. The van der Waals surface area contributed by atoms with Gasteiger partial charge in [-0.3, -0.25) is 9.69 Å². The van der Waals surface area contributed by atoms with Crippen molar-refractivity contribution >= 4 is 50.4 Å². The number of hydrogen-bond donors (Lipinski definition) is 1. The quantitative estimate of drug-likeness (QED) is 0.280. The molecule has 2 aromatic heterocycles. The van der Waals surface area contributed by atoms with Crippen molar-refractivity contribution in [1.29, 1.82) is 0 Å². The van der Waals surface area contributed by atoms with E-state index in [-0.39, 0.29) is 10.8 Å². The highest BCUT2D eigenvalue weighted by Gasteiger charge is 2.20. The van der Waals surface area contributed by atoms with Gasteiger partial charge in [-0.25, -0.2) is 14.4 Å². The smallest absolute Gasteiger partial charge is 0.152 e. The van der Waals surface area contributed by atoms with Gasteiger partial charge in [0.1, 0.15) is 22.8 Å². The lowest BCUT2D eigenvalue weighted by molar-refractivity contribution is -0.112. The predicted octanol–water partition coefficient (Wildman–Crippen LogP) is 6.28. The monoisotopic (exact) mass is 587 g/mol. The number of carbonyl (C=O) groups excluding carboxylic acids is 1. The number of halogens is 2. The summed E-state index contributed by atoms with van der Waals surface area (Å²) in [5, 5.41) is 4.45. The van der Waals surface area contributed by atoms with E-state index in [4.69, 9.17) is 16.3 Å². The van der Waals surface area contributed by atoms with Crippen LogP contribution in [0.4, 0.5) is 15.9 Å². The van der Waals surface area contributed by atoms with Crippen LogP contribution >= 0.6 is 22.9 Å². The van der Waals surface area contributed by atoms with Crippen LogP contribution in [0.2, 0.25) is 5.02 Å². The van der Waals surface area contributed by atoms with E-state index < -0.39 is 5.82 Å². The number of allylic oxidation sites excluding steroid dienone is 1. The number of thiophene rings is 1. The third kappa shape index (κ3) is 8.78. The highest BCUT2D eigenvalue weighted by molar-refractivity contribution is 7.19. The number of nitrogens with zero attached hydrogens (tertiary/aromatic N) is 4. The second kappa shape index (κ2) is 15.0. The molecule has 40 heavy (non-hydrogen) atoms. The number of hydrogen-bond acceptors (Lipinski definition) is 8. The van der Waals surface area contributed by atoms with Gasteiger partial charge < -0.3 is 15.0 Å². The minimum absolute atomic E-state index is 0.0997. The molecule has 0 bridgehead atoms. The van der Waals surface area contributed by atoms with Crippen LogP contribution in [0.1, 0.15) is 43.0 Å². The average molecular weight is 588 g/mol. The Labute approximate surface area is 245 Å². The molecule has 3 aromatic rings. The number of rotatable bonds is 10. The number of likely N-dealkylation sites (N-methyl/N-ethyl adjacent to an activating group) is 1. The molecule has 1 fully saturated rings. The lowest BCUT2D eigenvalue weighted by Gasteiger charge is -2.25. The lowest BCUT2D eigenvalue weighted by Crippen LogP contribution is -2.37. The Morgan fingerprint density at radius 2 is 2.05 bits per heavy atom. The van der Waals surface area contributed by atoms with Gasteiger partial charge in [-0.2, -0.15) is 0 Å². The van der Waals surface area contributed by atoms with Crippen molar-refractivity contribution in [3.05, 3.63) is 58.0 Å². The first-order valence-electron chi connectivity index (χ1n) is 13.9. The van der Waals surface area contributed by atoms with Crippen LogP contribution in [0, 0.1) is 5.82 Å². The Balaban J connectivity index is 0.000000190. The van der Waals surface area contributed by atoms with E-state index in [0.717, 1.165) is 73.8 Å². The maximum atomic E-state index is 13.3. The maximum absolute atomic E-state index is 13.3. The second-order valence-corrected chi connectivity index (χ2v) is 12.1. The van der Waals surface area contributed by atoms with Gasteiger partial charge in [0.2, 0.25) is 0 Å². The largest absolute Gasteiger partial charge is 0.377 e. The van der Waals surface area contributed by atoms with Crippen LogP contribution in [-0.2, 0) is 22.4 Å². The van der Waals surface area contributed by atoms with E-state index in [1.165, 1.54) is 35.8 Å². The summed E-state index contributed by atoms with van der Waals surface area (Å²) in [6.45, 7) is 6.31. The van der Waals surface area contributed by atoms with E-state index in [9.17, 15) is 9.18 Å². The van der Waals surface area contributed by atoms with Gasteiger partial charge in [-0.15, -0.1) is 11.3 Å². The summed E-state index contributed by atoms with van der Waals surface area (Å²) in [6, 6.07) is 4.59. The number of carbonyl (C=O) groups is 1. The summed E-state index contributed by atoms with van der Waals surface area (Å²) in [5.41, 5.74) is 2.09. The third-order valence-corrected chi connectivity index (χ3v) is 8.49. The standard InChI is InChI=1S/C16H13ClFN3S.C14H26N2O2/c17-11-7-9(5-6-12(11)18)21-15-14-10-3-1-2-4-13(10)22-16(14)20-8-19-15;1-13(17)6-4-8-16(10-9-15(2)3)12-14-7-5-11-18-14/h5-8H,1-4H2,(H,19,20,21);4,6,14H,5,7-12H2,1-3H3/b;6-4+. The van der Waals surface area contributed by atoms with Crippen molar-refractivity contribution in [2.75, 3.05) is 52.2 Å². The topological polar surface area (TPSA) is 70.6 Å². The summed E-state index contributed by atoms with van der Waals surface area (Å²) in [7, 11) is 4.16. The normalized spacial score (nSPS) is 16.9. The van der Waals surface area contributed by atoms with E-state index in [2.05, 4.69) is 39.2 Å². The molecule has 2 aliphatic rings. The SMILES string of the molecule is CC(=O)/C=C/CN(CCN(C)C)CC1CCCO1.Fc1ccc(Nc2ncnc3sc4c(c23)CCCC4)cc1Cl. The molecular weight excluding hydrogens is 549 g/mol. The fourth-order valence-electron chi connectivity index (χ4n) is 4.94. The molecule has 1 saturated heterocycles. The Morgan fingerprint density at radius 3 is 2.77 bits per heavy atom. The molecule has 0 amide bonds. The van der Waals surface area contributed by atoms with Gasteiger partial charge in [-0.05, 0) is 89.4 Å². The van der Waals surface area contributed by atoms with Gasteiger partial charge in [0.25, 0.3) is 0 Å². The lowest BCUT2D eigenvalue weighted by atomic mass is 9.97. The molecule has 1 aliphatic carbocycles. The molecule has 0 spiro atoms. The first kappa shape index (κ1) is 30.5. The van der Waals surface area contributed by atoms with Crippen molar-refractivity contribution in [2.45, 2.75) is 51.6 Å². The first-order valence-corrected chi connectivity index (χ1v) is 15.1. The van der Waals surface area contributed by atoms with Crippen LogP contribution < -0.4 is 5.32 Å². The minimum atomic E-state index is -0.423. The minimum Gasteiger partial charge on any atom is -0.377 e. The molecular formula is C30H39ClFN5O2S. The van der Waals surface area contributed by atoms with Crippen molar-refractivity contribution in [3.63, 3.8) is 0 Å². The predicted molar refractivity (Wildman–Crippen MR) is 163 cm³/mol. The molecule has 7 nitrogen and oxygen atoms in total. The Bertz CT molecular complexity index is 1310. The van der Waals surface area contributed by atoms with Crippen LogP contribution in [0.15, 0.2) is 36.7 Å². The summed E-state index contributed by atoms with van der Waals surface area (Å²) >= 11 is 7.60. The van der Waals surface area contributed by atoms with Gasteiger partial charge in [0, 0.05) is 43.4 Å². The molecule has 1 atom stereocenters. The number of benzene rings is 1. The molecule has 1 aromatic carbocycles. The van der Waals surface area contributed by atoms with E-state index >= 15 is 0 Å². The molecule has 1 unspecified atom stereocenters. The fraction of sp³-hybridized carbons (Fsp3) is 0.500. The first-order chi connectivity index (χ1) is 19.3. The summed E-state index contributed by atoms with van der Waals surface area (Å²) in [5.74, 6) is 0.458. The zero-order valence-electron chi connectivity index (χ0n) is 23.6. The summed E-state index contributed by atoms with van der Waals surface area (Å²) in [4.78, 5) is 26.6.